The molecule has 0 aliphatic carbocycles. The molecule has 0 amide bonds. The zero-order valence-electron chi connectivity index (χ0n) is 12.9. The van der Waals surface area contributed by atoms with Crippen molar-refractivity contribution in [2.75, 3.05) is 0 Å². The number of fused-ring (bicyclic) bond motifs is 1. The molecule has 3 aromatic rings. The second-order valence-corrected chi connectivity index (χ2v) is 5.38. The van der Waals surface area contributed by atoms with E-state index in [0.717, 1.165) is 16.3 Å². The molecule has 1 aromatic heterocycles. The summed E-state index contributed by atoms with van der Waals surface area (Å²) >= 11 is 0. The van der Waals surface area contributed by atoms with E-state index in [0.29, 0.717) is 16.7 Å². The molecule has 2 aromatic carbocycles. The molecule has 24 heavy (non-hydrogen) atoms. The van der Waals surface area contributed by atoms with Crippen molar-refractivity contribution in [2.45, 2.75) is 6.92 Å². The smallest absolute Gasteiger partial charge is 0.263 e. The Hall–Kier alpha value is -3.52. The summed E-state index contributed by atoms with van der Waals surface area (Å²) in [5, 5.41) is 22.4. The van der Waals surface area contributed by atoms with Gasteiger partial charge in [0.15, 0.2) is 0 Å². The number of nitro groups is 1. The SMILES string of the molecule is Cc1cc(/C(C#N)=C/c2cncc3ccccc23)ccc1[N+](=O)[O-]. The molecule has 0 saturated carbocycles. The van der Waals surface area contributed by atoms with E-state index in [-0.39, 0.29) is 5.69 Å². The number of hydrogen-bond donors (Lipinski definition) is 0. The Morgan fingerprint density at radius 3 is 2.75 bits per heavy atom. The van der Waals surface area contributed by atoms with Gasteiger partial charge in [0, 0.05) is 35.0 Å². The maximum absolute atomic E-state index is 10.9. The van der Waals surface area contributed by atoms with E-state index in [1.165, 1.54) is 6.07 Å². The Labute approximate surface area is 138 Å². The zero-order chi connectivity index (χ0) is 17.1. The van der Waals surface area contributed by atoms with Crippen LogP contribution >= 0.6 is 0 Å². The molecule has 0 aliphatic heterocycles. The maximum atomic E-state index is 10.9. The fraction of sp³-hybridized carbons (Fsp3) is 0.0526. The Kier molecular flexibility index (Phi) is 4.04. The molecule has 0 saturated heterocycles. The number of rotatable bonds is 3. The van der Waals surface area contributed by atoms with Crippen molar-refractivity contribution in [3.05, 3.63) is 81.7 Å². The number of benzene rings is 2. The minimum atomic E-state index is -0.427. The summed E-state index contributed by atoms with van der Waals surface area (Å²) in [7, 11) is 0. The molecule has 0 unspecified atom stereocenters. The van der Waals surface area contributed by atoms with Crippen LogP contribution in [-0.2, 0) is 0 Å². The van der Waals surface area contributed by atoms with Gasteiger partial charge in [0.1, 0.15) is 0 Å². The highest BCUT2D eigenvalue weighted by Gasteiger charge is 2.12. The first-order valence-corrected chi connectivity index (χ1v) is 7.30. The second-order valence-electron chi connectivity index (χ2n) is 5.38. The number of pyridine rings is 1. The van der Waals surface area contributed by atoms with Gasteiger partial charge in [0.25, 0.3) is 5.69 Å². The molecule has 116 valence electrons. The van der Waals surface area contributed by atoms with Gasteiger partial charge in [-0.15, -0.1) is 0 Å². The fourth-order valence-corrected chi connectivity index (χ4v) is 2.62. The van der Waals surface area contributed by atoms with E-state index in [4.69, 9.17) is 0 Å². The highest BCUT2D eigenvalue weighted by molar-refractivity contribution is 5.97. The lowest BCUT2D eigenvalue weighted by Crippen LogP contribution is -1.93. The van der Waals surface area contributed by atoms with Crippen LogP contribution in [0.4, 0.5) is 5.69 Å². The van der Waals surface area contributed by atoms with E-state index in [1.807, 2.05) is 24.3 Å². The number of nitro benzene ring substituents is 1. The Morgan fingerprint density at radius 1 is 1.25 bits per heavy atom. The first-order chi connectivity index (χ1) is 11.6. The van der Waals surface area contributed by atoms with E-state index >= 15 is 0 Å². The van der Waals surface area contributed by atoms with Gasteiger partial charge >= 0.3 is 0 Å². The van der Waals surface area contributed by atoms with Crippen LogP contribution in [0, 0.1) is 28.4 Å². The van der Waals surface area contributed by atoms with Gasteiger partial charge in [0.05, 0.1) is 16.6 Å². The van der Waals surface area contributed by atoms with Gasteiger partial charge in [-0.2, -0.15) is 5.26 Å². The Morgan fingerprint density at radius 2 is 2.04 bits per heavy atom. The average molecular weight is 315 g/mol. The minimum absolute atomic E-state index is 0.0443. The zero-order valence-corrected chi connectivity index (χ0v) is 12.9. The summed E-state index contributed by atoms with van der Waals surface area (Å²) < 4.78 is 0. The number of nitrogens with zero attached hydrogens (tertiary/aromatic N) is 3. The standard InChI is InChI=1S/C19H13N3O2/c1-13-8-14(6-7-19(13)22(23)24)16(10-20)9-17-12-21-11-15-4-2-3-5-18(15)17/h2-9,11-12H,1H3/b16-9+. The van der Waals surface area contributed by atoms with Crippen LogP contribution in [0.1, 0.15) is 16.7 Å². The molecule has 5 heteroatoms. The van der Waals surface area contributed by atoms with Crippen LogP contribution in [0.15, 0.2) is 54.9 Å². The van der Waals surface area contributed by atoms with Crippen LogP contribution < -0.4 is 0 Å². The first-order valence-electron chi connectivity index (χ1n) is 7.30. The maximum Gasteiger partial charge on any atom is 0.272 e. The Bertz CT molecular complexity index is 1010. The van der Waals surface area contributed by atoms with Crippen molar-refractivity contribution in [3.8, 4) is 6.07 Å². The van der Waals surface area contributed by atoms with Gasteiger partial charge in [-0.1, -0.05) is 24.3 Å². The van der Waals surface area contributed by atoms with Gasteiger partial charge in [-0.3, -0.25) is 15.1 Å². The predicted octanol–water partition coefficient (Wildman–Crippen LogP) is 4.52. The average Bonchev–Trinajstić information content (AvgIpc) is 2.59. The summed E-state index contributed by atoms with van der Waals surface area (Å²) in [5.74, 6) is 0. The van der Waals surface area contributed by atoms with Crippen LogP contribution in [0.5, 0.6) is 0 Å². The molecule has 0 bridgehead atoms. The number of allylic oxidation sites excluding steroid dienone is 1. The number of nitriles is 1. The van der Waals surface area contributed by atoms with Crippen molar-refractivity contribution >= 4 is 28.1 Å². The first kappa shape index (κ1) is 15.4. The lowest BCUT2D eigenvalue weighted by atomic mass is 9.99. The molecular weight excluding hydrogens is 302 g/mol. The molecular formula is C19H13N3O2. The lowest BCUT2D eigenvalue weighted by Gasteiger charge is -2.05. The molecule has 5 nitrogen and oxygen atoms in total. The number of hydrogen-bond acceptors (Lipinski definition) is 4. The van der Waals surface area contributed by atoms with Gasteiger partial charge in [-0.25, -0.2) is 0 Å². The van der Waals surface area contributed by atoms with E-state index < -0.39 is 4.92 Å². The second kappa shape index (κ2) is 6.31. The quantitative estimate of drug-likeness (QED) is 0.404. The number of aromatic nitrogens is 1. The van der Waals surface area contributed by atoms with Crippen molar-refractivity contribution in [3.63, 3.8) is 0 Å². The van der Waals surface area contributed by atoms with Crippen molar-refractivity contribution in [1.29, 1.82) is 5.26 Å². The summed E-state index contributed by atoms with van der Waals surface area (Å²) in [5.41, 5.74) is 2.48. The summed E-state index contributed by atoms with van der Waals surface area (Å²) in [6.07, 6.45) is 5.24. The third-order valence-corrected chi connectivity index (χ3v) is 3.82. The molecule has 0 atom stereocenters. The molecule has 0 N–H and O–H groups in total. The molecule has 3 rings (SSSR count). The van der Waals surface area contributed by atoms with Crippen LogP contribution in [0.2, 0.25) is 0 Å². The molecule has 0 spiro atoms. The number of aryl methyl sites for hydroxylation is 1. The van der Waals surface area contributed by atoms with Crippen LogP contribution in [0.25, 0.3) is 22.4 Å². The third kappa shape index (κ3) is 2.85. The normalized spacial score (nSPS) is 11.2. The monoisotopic (exact) mass is 315 g/mol. The largest absolute Gasteiger partial charge is 0.272 e. The van der Waals surface area contributed by atoms with Crippen LogP contribution in [-0.4, -0.2) is 9.91 Å². The van der Waals surface area contributed by atoms with Crippen molar-refractivity contribution in [2.24, 2.45) is 0 Å². The summed E-state index contributed by atoms with van der Waals surface area (Å²) in [6, 6.07) is 14.6. The fourth-order valence-electron chi connectivity index (χ4n) is 2.62. The van der Waals surface area contributed by atoms with Crippen LogP contribution in [0.3, 0.4) is 0 Å². The van der Waals surface area contributed by atoms with Gasteiger partial charge < -0.3 is 0 Å². The lowest BCUT2D eigenvalue weighted by molar-refractivity contribution is -0.385. The highest BCUT2D eigenvalue weighted by atomic mass is 16.6. The van der Waals surface area contributed by atoms with Crippen molar-refractivity contribution in [1.82, 2.24) is 4.98 Å². The van der Waals surface area contributed by atoms with Gasteiger partial charge in [-0.05, 0) is 36.1 Å². The van der Waals surface area contributed by atoms with E-state index in [1.54, 1.807) is 37.5 Å². The predicted molar refractivity (Wildman–Crippen MR) is 93.1 cm³/mol. The van der Waals surface area contributed by atoms with E-state index in [9.17, 15) is 15.4 Å². The summed E-state index contributed by atoms with van der Waals surface area (Å²) in [4.78, 5) is 14.7. The van der Waals surface area contributed by atoms with E-state index in [2.05, 4.69) is 11.1 Å². The molecule has 0 fully saturated rings. The topological polar surface area (TPSA) is 79.8 Å². The minimum Gasteiger partial charge on any atom is -0.263 e. The van der Waals surface area contributed by atoms with Crippen molar-refractivity contribution < 1.29 is 4.92 Å². The molecule has 0 aliphatic rings. The third-order valence-electron chi connectivity index (χ3n) is 3.82. The summed E-state index contributed by atoms with van der Waals surface area (Å²) in [6.45, 7) is 1.66. The molecule has 1 heterocycles. The molecule has 0 radical (unpaired) electrons. The van der Waals surface area contributed by atoms with Gasteiger partial charge in [0.2, 0.25) is 0 Å². The Balaban J connectivity index is 2.12. The highest BCUT2D eigenvalue weighted by Crippen LogP contribution is 2.26.